The Balaban J connectivity index is 2.20. The van der Waals surface area contributed by atoms with Crippen molar-refractivity contribution in [1.82, 2.24) is 4.98 Å². The molecule has 1 aromatic rings. The molecule has 0 N–H and O–H groups in total. The van der Waals surface area contributed by atoms with Gasteiger partial charge in [0.15, 0.2) is 0 Å². The van der Waals surface area contributed by atoms with E-state index in [4.69, 9.17) is 4.98 Å². The van der Waals surface area contributed by atoms with Crippen molar-refractivity contribution in [2.24, 2.45) is 0 Å². The summed E-state index contributed by atoms with van der Waals surface area (Å²) in [6, 6.07) is 0. The summed E-state index contributed by atoms with van der Waals surface area (Å²) in [4.78, 5) is 4.85. The molecule has 0 saturated carbocycles. The molecule has 2 aliphatic carbocycles. The molecule has 1 heteroatoms. The van der Waals surface area contributed by atoms with Crippen molar-refractivity contribution in [2.75, 3.05) is 0 Å². The van der Waals surface area contributed by atoms with Crippen LogP contribution < -0.4 is 0 Å². The highest BCUT2D eigenvalue weighted by Crippen LogP contribution is 2.31. The van der Waals surface area contributed by atoms with Gasteiger partial charge in [-0.1, -0.05) is 0 Å². The van der Waals surface area contributed by atoms with Gasteiger partial charge in [0.1, 0.15) is 0 Å². The van der Waals surface area contributed by atoms with E-state index in [9.17, 15) is 0 Å². The third kappa shape index (κ3) is 1.11. The molecule has 14 heavy (non-hydrogen) atoms. The zero-order chi connectivity index (χ0) is 9.54. The van der Waals surface area contributed by atoms with Crippen molar-refractivity contribution in [3.63, 3.8) is 0 Å². The minimum absolute atomic E-state index is 1.23. The summed E-state index contributed by atoms with van der Waals surface area (Å²) >= 11 is 0. The molecule has 0 bridgehead atoms. The number of aryl methyl sites for hydroxylation is 2. The summed E-state index contributed by atoms with van der Waals surface area (Å²) in [6.45, 7) is 2.32. The third-order valence-electron chi connectivity index (χ3n) is 3.80. The molecule has 0 fully saturated rings. The molecular weight excluding hydrogens is 170 g/mol. The predicted molar refractivity (Wildman–Crippen MR) is 57.6 cm³/mol. The van der Waals surface area contributed by atoms with Gasteiger partial charge in [-0.15, -0.1) is 0 Å². The smallest absolute Gasteiger partial charge is 0.0441 e. The molecular formula is C13H17N. The molecule has 0 saturated heterocycles. The maximum Gasteiger partial charge on any atom is 0.0441 e. The number of nitrogens with zero attached hydrogens (tertiary/aromatic N) is 1. The Bertz CT molecular complexity index is 379. The average Bonchev–Trinajstić information content (AvgIpc) is 2.66. The zero-order valence-corrected chi connectivity index (χ0v) is 8.90. The molecule has 0 aliphatic heterocycles. The largest absolute Gasteiger partial charge is 0.257 e. The Hall–Kier alpha value is -0.850. The monoisotopic (exact) mass is 187 g/mol. The Labute approximate surface area is 85.6 Å². The van der Waals surface area contributed by atoms with Crippen molar-refractivity contribution >= 4 is 0 Å². The van der Waals surface area contributed by atoms with E-state index in [0.717, 1.165) is 0 Å². The molecule has 0 spiro atoms. The van der Waals surface area contributed by atoms with Gasteiger partial charge in [0.2, 0.25) is 0 Å². The normalized spacial score (nSPS) is 19.2. The molecule has 0 atom stereocenters. The van der Waals surface area contributed by atoms with Crippen molar-refractivity contribution in [3.8, 4) is 0 Å². The lowest BCUT2D eigenvalue weighted by atomic mass is 9.90. The van der Waals surface area contributed by atoms with Crippen LogP contribution in [0.1, 0.15) is 47.3 Å². The quantitative estimate of drug-likeness (QED) is 0.608. The lowest BCUT2D eigenvalue weighted by molar-refractivity contribution is 0.659. The predicted octanol–water partition coefficient (Wildman–Crippen LogP) is 2.76. The van der Waals surface area contributed by atoms with E-state index in [1.165, 1.54) is 56.3 Å². The van der Waals surface area contributed by atoms with Crippen LogP contribution in [0.3, 0.4) is 0 Å². The van der Waals surface area contributed by atoms with Crippen LogP contribution in [-0.2, 0) is 25.7 Å². The molecule has 74 valence electrons. The fourth-order valence-electron chi connectivity index (χ4n) is 3.02. The second-order valence-electron chi connectivity index (χ2n) is 4.65. The SMILES string of the molecule is Cc1c2c(nc3c1CCC3)CCCC2. The second kappa shape index (κ2) is 3.08. The summed E-state index contributed by atoms with van der Waals surface area (Å²) in [5.41, 5.74) is 7.61. The van der Waals surface area contributed by atoms with E-state index in [2.05, 4.69) is 6.92 Å². The van der Waals surface area contributed by atoms with Crippen LogP contribution >= 0.6 is 0 Å². The number of fused-ring (bicyclic) bond motifs is 2. The van der Waals surface area contributed by atoms with Crippen LogP contribution in [0.4, 0.5) is 0 Å². The highest BCUT2D eigenvalue weighted by molar-refractivity contribution is 5.42. The van der Waals surface area contributed by atoms with Gasteiger partial charge in [-0.3, -0.25) is 4.98 Å². The summed E-state index contributed by atoms with van der Waals surface area (Å²) < 4.78 is 0. The van der Waals surface area contributed by atoms with Crippen LogP contribution in [-0.4, -0.2) is 4.98 Å². The van der Waals surface area contributed by atoms with Gasteiger partial charge in [-0.2, -0.15) is 0 Å². The fraction of sp³-hybridized carbons (Fsp3) is 0.615. The Morgan fingerprint density at radius 2 is 1.36 bits per heavy atom. The van der Waals surface area contributed by atoms with Gasteiger partial charge >= 0.3 is 0 Å². The van der Waals surface area contributed by atoms with Gasteiger partial charge in [0, 0.05) is 11.4 Å². The number of hydrogen-bond donors (Lipinski definition) is 0. The first kappa shape index (κ1) is 8.46. The maximum atomic E-state index is 4.85. The molecule has 0 radical (unpaired) electrons. The topological polar surface area (TPSA) is 12.9 Å². The molecule has 1 aromatic heterocycles. The molecule has 0 aromatic carbocycles. The molecule has 2 aliphatic rings. The maximum absolute atomic E-state index is 4.85. The van der Waals surface area contributed by atoms with Crippen LogP contribution in [0.5, 0.6) is 0 Å². The highest BCUT2D eigenvalue weighted by Gasteiger charge is 2.21. The van der Waals surface area contributed by atoms with E-state index < -0.39 is 0 Å². The van der Waals surface area contributed by atoms with Crippen LogP contribution in [0, 0.1) is 6.92 Å². The summed E-state index contributed by atoms with van der Waals surface area (Å²) in [7, 11) is 0. The first-order valence-corrected chi connectivity index (χ1v) is 5.86. The van der Waals surface area contributed by atoms with Gasteiger partial charge in [0.25, 0.3) is 0 Å². The van der Waals surface area contributed by atoms with Gasteiger partial charge < -0.3 is 0 Å². The summed E-state index contributed by atoms with van der Waals surface area (Å²) in [5.74, 6) is 0. The Kier molecular flexibility index (Phi) is 1.86. The average molecular weight is 187 g/mol. The molecule has 0 amide bonds. The fourth-order valence-corrected chi connectivity index (χ4v) is 3.02. The van der Waals surface area contributed by atoms with Crippen molar-refractivity contribution in [3.05, 3.63) is 28.1 Å². The molecule has 1 nitrogen and oxygen atoms in total. The van der Waals surface area contributed by atoms with Gasteiger partial charge in [-0.25, -0.2) is 0 Å². The molecule has 0 unspecified atom stereocenters. The van der Waals surface area contributed by atoms with E-state index in [1.807, 2.05) is 0 Å². The van der Waals surface area contributed by atoms with Gasteiger partial charge in [-0.05, 0) is 68.6 Å². The number of pyridine rings is 1. The number of hydrogen-bond acceptors (Lipinski definition) is 1. The Morgan fingerprint density at radius 3 is 2.14 bits per heavy atom. The standard InChI is InChI=1S/C13H17N/c1-9-10-5-2-3-7-12(10)14-13-8-4-6-11(9)13/h2-8H2,1H3. The van der Waals surface area contributed by atoms with E-state index >= 15 is 0 Å². The van der Waals surface area contributed by atoms with Crippen molar-refractivity contribution < 1.29 is 0 Å². The number of rotatable bonds is 0. The highest BCUT2D eigenvalue weighted by atomic mass is 14.7. The third-order valence-corrected chi connectivity index (χ3v) is 3.80. The van der Waals surface area contributed by atoms with Crippen LogP contribution in [0.2, 0.25) is 0 Å². The Morgan fingerprint density at radius 1 is 0.786 bits per heavy atom. The minimum Gasteiger partial charge on any atom is -0.257 e. The van der Waals surface area contributed by atoms with E-state index in [-0.39, 0.29) is 0 Å². The van der Waals surface area contributed by atoms with E-state index in [1.54, 1.807) is 16.7 Å². The second-order valence-corrected chi connectivity index (χ2v) is 4.65. The van der Waals surface area contributed by atoms with Crippen LogP contribution in [0.25, 0.3) is 0 Å². The first-order chi connectivity index (χ1) is 6.86. The van der Waals surface area contributed by atoms with Crippen LogP contribution in [0.15, 0.2) is 0 Å². The van der Waals surface area contributed by atoms with Crippen molar-refractivity contribution in [1.29, 1.82) is 0 Å². The van der Waals surface area contributed by atoms with E-state index in [0.29, 0.717) is 0 Å². The van der Waals surface area contributed by atoms with Gasteiger partial charge in [0.05, 0.1) is 0 Å². The number of aromatic nitrogens is 1. The first-order valence-electron chi connectivity index (χ1n) is 5.86. The summed E-state index contributed by atoms with van der Waals surface area (Å²) in [5, 5.41) is 0. The molecule has 3 rings (SSSR count). The summed E-state index contributed by atoms with van der Waals surface area (Å²) in [6.07, 6.45) is 9.05. The molecule has 1 heterocycles. The lowest BCUT2D eigenvalue weighted by Gasteiger charge is -2.19. The van der Waals surface area contributed by atoms with Crippen molar-refractivity contribution in [2.45, 2.75) is 51.9 Å². The minimum atomic E-state index is 1.23. The lowest BCUT2D eigenvalue weighted by Crippen LogP contribution is -2.10. The zero-order valence-electron chi connectivity index (χ0n) is 8.90.